The van der Waals surface area contributed by atoms with Gasteiger partial charge in [0.25, 0.3) is 0 Å². The van der Waals surface area contributed by atoms with E-state index in [-0.39, 0.29) is 5.97 Å². The fourth-order valence-electron chi connectivity index (χ4n) is 1.98. The minimum absolute atomic E-state index is 0.290. The predicted molar refractivity (Wildman–Crippen MR) is 76.5 cm³/mol. The Hall–Kier alpha value is -2.09. The molecule has 0 aromatic heterocycles. The van der Waals surface area contributed by atoms with Crippen molar-refractivity contribution in [1.82, 2.24) is 0 Å². The summed E-state index contributed by atoms with van der Waals surface area (Å²) >= 11 is 0. The van der Waals surface area contributed by atoms with Crippen LogP contribution in [0.2, 0.25) is 0 Å². The maximum atomic E-state index is 12.2. The summed E-state index contributed by atoms with van der Waals surface area (Å²) in [5.41, 5.74) is 1.70. The van der Waals surface area contributed by atoms with Gasteiger partial charge in [-0.05, 0) is 36.1 Å². The molecule has 2 aromatic carbocycles. The van der Waals surface area contributed by atoms with Crippen LogP contribution in [-0.4, -0.2) is 5.97 Å². The first-order chi connectivity index (χ1) is 9.22. The van der Waals surface area contributed by atoms with Crippen molar-refractivity contribution in [2.45, 2.75) is 26.2 Å². The Kier molecular flexibility index (Phi) is 4.35. The normalized spacial score (nSPS) is 11.9. The highest BCUT2D eigenvalue weighted by atomic mass is 16.5. The predicted octanol–water partition coefficient (Wildman–Crippen LogP) is 4.42. The third-order valence-corrected chi connectivity index (χ3v) is 3.28. The van der Waals surface area contributed by atoms with Gasteiger partial charge in [-0.25, -0.2) is 4.79 Å². The molecule has 0 saturated heterocycles. The molecule has 0 aliphatic heterocycles. The second-order valence-corrected chi connectivity index (χ2v) is 4.60. The van der Waals surface area contributed by atoms with E-state index in [0.29, 0.717) is 17.2 Å². The number of hydrogen-bond donors (Lipinski definition) is 0. The number of ether oxygens (including phenoxy) is 1. The van der Waals surface area contributed by atoms with Crippen molar-refractivity contribution in [3.05, 3.63) is 65.7 Å². The molecule has 0 aliphatic carbocycles. The lowest BCUT2D eigenvalue weighted by atomic mass is 9.94. The summed E-state index contributed by atoms with van der Waals surface area (Å²) in [4.78, 5) is 12.2. The first-order valence-corrected chi connectivity index (χ1v) is 6.58. The minimum atomic E-state index is -0.290. The van der Waals surface area contributed by atoms with Gasteiger partial charge in [0.05, 0.1) is 5.56 Å². The Morgan fingerprint density at radius 2 is 1.68 bits per heavy atom. The number of rotatable bonds is 4. The van der Waals surface area contributed by atoms with Crippen LogP contribution in [-0.2, 0) is 0 Å². The zero-order chi connectivity index (χ0) is 13.7. The number of carbonyl (C=O) groups is 1. The summed E-state index contributed by atoms with van der Waals surface area (Å²) in [7, 11) is 0. The lowest BCUT2D eigenvalue weighted by Gasteiger charge is -2.13. The third kappa shape index (κ3) is 3.22. The van der Waals surface area contributed by atoms with Gasteiger partial charge < -0.3 is 4.74 Å². The molecule has 2 aromatic rings. The largest absolute Gasteiger partial charge is 0.423 e. The topological polar surface area (TPSA) is 26.3 Å². The molecule has 0 fully saturated rings. The Morgan fingerprint density at radius 1 is 1.05 bits per heavy atom. The zero-order valence-corrected chi connectivity index (χ0v) is 11.3. The molecule has 0 spiro atoms. The van der Waals surface area contributed by atoms with Crippen LogP contribution in [0.5, 0.6) is 5.75 Å². The Bertz CT molecular complexity index is 546. The van der Waals surface area contributed by atoms with E-state index < -0.39 is 0 Å². The molecule has 1 atom stereocenters. The van der Waals surface area contributed by atoms with E-state index in [4.69, 9.17) is 4.74 Å². The highest BCUT2D eigenvalue weighted by molar-refractivity contribution is 5.92. The van der Waals surface area contributed by atoms with Crippen molar-refractivity contribution in [2.24, 2.45) is 0 Å². The van der Waals surface area contributed by atoms with Crippen molar-refractivity contribution < 1.29 is 9.53 Å². The lowest BCUT2D eigenvalue weighted by Crippen LogP contribution is -2.12. The number of para-hydroxylation sites is 1. The summed E-state index contributed by atoms with van der Waals surface area (Å²) in [5, 5.41) is 0. The minimum Gasteiger partial charge on any atom is -0.423 e. The molecule has 2 nitrogen and oxygen atoms in total. The van der Waals surface area contributed by atoms with Crippen LogP contribution in [0.15, 0.2) is 54.6 Å². The van der Waals surface area contributed by atoms with Crippen LogP contribution < -0.4 is 4.74 Å². The van der Waals surface area contributed by atoms with Crippen LogP contribution in [0, 0.1) is 0 Å². The van der Waals surface area contributed by atoms with Crippen molar-refractivity contribution in [2.75, 3.05) is 0 Å². The van der Waals surface area contributed by atoms with Crippen LogP contribution in [0.4, 0.5) is 0 Å². The number of esters is 1. The summed E-state index contributed by atoms with van der Waals surface area (Å²) in [6.45, 7) is 4.23. The van der Waals surface area contributed by atoms with Gasteiger partial charge >= 0.3 is 5.97 Å². The van der Waals surface area contributed by atoms with Gasteiger partial charge in [0.1, 0.15) is 5.75 Å². The smallest absolute Gasteiger partial charge is 0.343 e. The molecule has 2 heteroatoms. The van der Waals surface area contributed by atoms with Crippen molar-refractivity contribution in [3.63, 3.8) is 0 Å². The Labute approximate surface area is 114 Å². The molecule has 0 aliphatic rings. The van der Waals surface area contributed by atoms with E-state index in [1.807, 2.05) is 42.5 Å². The van der Waals surface area contributed by atoms with Crippen molar-refractivity contribution in [1.29, 1.82) is 0 Å². The molecule has 2 rings (SSSR count). The number of hydrogen-bond acceptors (Lipinski definition) is 2. The standard InChI is InChI=1S/C17H18O2/c1-3-13(2)15-11-7-8-12-16(15)17(18)19-14-9-5-4-6-10-14/h4-13H,3H2,1-2H3. The first-order valence-electron chi connectivity index (χ1n) is 6.58. The SMILES string of the molecule is CCC(C)c1ccccc1C(=O)Oc1ccccc1. The van der Waals surface area contributed by atoms with Gasteiger partial charge in [0.2, 0.25) is 0 Å². The zero-order valence-electron chi connectivity index (χ0n) is 11.3. The van der Waals surface area contributed by atoms with Crippen LogP contribution in [0.3, 0.4) is 0 Å². The van der Waals surface area contributed by atoms with Gasteiger partial charge in [0.15, 0.2) is 0 Å². The van der Waals surface area contributed by atoms with E-state index in [1.54, 1.807) is 12.1 Å². The summed E-state index contributed by atoms with van der Waals surface area (Å²) in [6.07, 6.45) is 0.996. The number of carbonyl (C=O) groups excluding carboxylic acids is 1. The fraction of sp³-hybridized carbons (Fsp3) is 0.235. The molecule has 1 unspecified atom stereocenters. The monoisotopic (exact) mass is 254 g/mol. The third-order valence-electron chi connectivity index (χ3n) is 3.28. The van der Waals surface area contributed by atoms with Crippen LogP contribution in [0.25, 0.3) is 0 Å². The molecular formula is C17H18O2. The summed E-state index contributed by atoms with van der Waals surface area (Å²) in [6, 6.07) is 16.8. The Balaban J connectivity index is 2.24. The van der Waals surface area contributed by atoms with E-state index in [2.05, 4.69) is 13.8 Å². The molecule has 0 N–H and O–H groups in total. The molecule has 0 amide bonds. The fourth-order valence-corrected chi connectivity index (χ4v) is 1.98. The van der Waals surface area contributed by atoms with E-state index in [1.165, 1.54) is 0 Å². The average molecular weight is 254 g/mol. The van der Waals surface area contributed by atoms with Crippen molar-refractivity contribution in [3.8, 4) is 5.75 Å². The summed E-state index contributed by atoms with van der Waals surface area (Å²) in [5.74, 6) is 0.632. The quantitative estimate of drug-likeness (QED) is 0.596. The second-order valence-electron chi connectivity index (χ2n) is 4.60. The van der Waals surface area contributed by atoms with Gasteiger partial charge in [-0.3, -0.25) is 0 Å². The van der Waals surface area contributed by atoms with E-state index in [0.717, 1.165) is 12.0 Å². The summed E-state index contributed by atoms with van der Waals surface area (Å²) < 4.78 is 5.40. The highest BCUT2D eigenvalue weighted by Crippen LogP contribution is 2.23. The van der Waals surface area contributed by atoms with E-state index in [9.17, 15) is 4.79 Å². The van der Waals surface area contributed by atoms with Gasteiger partial charge in [-0.1, -0.05) is 50.2 Å². The average Bonchev–Trinajstić information content (AvgIpc) is 2.47. The van der Waals surface area contributed by atoms with Gasteiger partial charge in [0, 0.05) is 0 Å². The molecule has 0 saturated carbocycles. The molecule has 19 heavy (non-hydrogen) atoms. The number of benzene rings is 2. The van der Waals surface area contributed by atoms with Gasteiger partial charge in [-0.15, -0.1) is 0 Å². The van der Waals surface area contributed by atoms with Crippen molar-refractivity contribution >= 4 is 5.97 Å². The van der Waals surface area contributed by atoms with E-state index >= 15 is 0 Å². The van der Waals surface area contributed by atoms with Crippen LogP contribution >= 0.6 is 0 Å². The maximum Gasteiger partial charge on any atom is 0.343 e. The Morgan fingerprint density at radius 3 is 2.37 bits per heavy atom. The molecular weight excluding hydrogens is 236 g/mol. The lowest BCUT2D eigenvalue weighted by molar-refractivity contribution is 0.0733. The maximum absolute atomic E-state index is 12.2. The molecule has 0 radical (unpaired) electrons. The molecule has 98 valence electrons. The highest BCUT2D eigenvalue weighted by Gasteiger charge is 2.16. The second kappa shape index (κ2) is 6.19. The first kappa shape index (κ1) is 13.3. The molecule has 0 bridgehead atoms. The molecule has 0 heterocycles. The van der Waals surface area contributed by atoms with Crippen LogP contribution in [0.1, 0.15) is 42.1 Å². The van der Waals surface area contributed by atoms with Gasteiger partial charge in [-0.2, -0.15) is 0 Å².